The van der Waals surface area contributed by atoms with E-state index in [9.17, 15) is 13.6 Å². The molecule has 0 aliphatic rings. The second-order valence-electron chi connectivity index (χ2n) is 5.85. The molecule has 4 rings (SSSR count). The van der Waals surface area contributed by atoms with Crippen molar-refractivity contribution in [1.82, 2.24) is 4.98 Å². The summed E-state index contributed by atoms with van der Waals surface area (Å²) in [7, 11) is 0. The van der Waals surface area contributed by atoms with Crippen LogP contribution in [0.25, 0.3) is 10.9 Å². The van der Waals surface area contributed by atoms with Gasteiger partial charge in [-0.15, -0.1) is 0 Å². The Morgan fingerprint density at radius 2 is 1.55 bits per heavy atom. The molecular formula is C22H14BrClF2N2O. The maximum atomic E-state index is 13.3. The summed E-state index contributed by atoms with van der Waals surface area (Å²) in [6, 6.07) is 20.6. The van der Waals surface area contributed by atoms with Gasteiger partial charge in [-0.2, -0.15) is 0 Å². The molecule has 0 saturated carbocycles. The summed E-state index contributed by atoms with van der Waals surface area (Å²) < 4.78 is 27.3. The van der Waals surface area contributed by atoms with Gasteiger partial charge in [0.05, 0.1) is 21.8 Å². The number of nitrogens with one attached hydrogen (secondary N) is 1. The van der Waals surface area contributed by atoms with Crippen LogP contribution in [-0.4, -0.2) is 10.9 Å². The lowest BCUT2D eigenvalue weighted by molar-refractivity contribution is 0.102. The Morgan fingerprint density at radius 1 is 0.931 bits per heavy atom. The normalized spacial score (nSPS) is 10.2. The number of halogens is 4. The molecule has 1 N–H and O–H groups in total. The highest BCUT2D eigenvalue weighted by molar-refractivity contribution is 9.10. The van der Waals surface area contributed by atoms with Gasteiger partial charge in [0.1, 0.15) is 0 Å². The zero-order valence-electron chi connectivity index (χ0n) is 14.9. The standard InChI is InChI=1S/C16H8BrClF2N2O.C6H6/c17-10-3-4-14(15-8(10)2-1-5-21-15)22-16(23)9-6-12(19)13(20)7-11(9)18;1-2-4-6-5-3-1/h1-7H,(H,22,23);1-6H. The van der Waals surface area contributed by atoms with Gasteiger partial charge in [0.15, 0.2) is 11.6 Å². The lowest BCUT2D eigenvalue weighted by atomic mass is 10.1. The lowest BCUT2D eigenvalue weighted by Crippen LogP contribution is -2.13. The van der Waals surface area contributed by atoms with E-state index in [4.69, 9.17) is 11.6 Å². The van der Waals surface area contributed by atoms with E-state index in [1.54, 1.807) is 24.4 Å². The largest absolute Gasteiger partial charge is 0.320 e. The molecule has 7 heteroatoms. The van der Waals surface area contributed by atoms with Gasteiger partial charge in [0.2, 0.25) is 0 Å². The van der Waals surface area contributed by atoms with Crippen LogP contribution in [0.2, 0.25) is 5.02 Å². The number of rotatable bonds is 2. The molecule has 146 valence electrons. The molecule has 4 aromatic rings. The highest BCUT2D eigenvalue weighted by Gasteiger charge is 2.16. The van der Waals surface area contributed by atoms with Crippen LogP contribution >= 0.6 is 27.5 Å². The molecule has 3 nitrogen and oxygen atoms in total. The van der Waals surface area contributed by atoms with Crippen LogP contribution in [0, 0.1) is 11.6 Å². The third-order valence-corrected chi connectivity index (χ3v) is 4.89. The smallest absolute Gasteiger partial charge is 0.257 e. The monoisotopic (exact) mass is 474 g/mol. The van der Waals surface area contributed by atoms with Crippen LogP contribution in [0.15, 0.2) is 83.5 Å². The fourth-order valence-electron chi connectivity index (χ4n) is 2.51. The molecule has 1 aromatic heterocycles. The van der Waals surface area contributed by atoms with Crippen molar-refractivity contribution in [3.8, 4) is 0 Å². The summed E-state index contributed by atoms with van der Waals surface area (Å²) in [6.45, 7) is 0. The Morgan fingerprint density at radius 3 is 2.21 bits per heavy atom. The maximum absolute atomic E-state index is 13.3. The minimum Gasteiger partial charge on any atom is -0.320 e. The first-order valence-corrected chi connectivity index (χ1v) is 9.63. The molecule has 0 aliphatic carbocycles. The van der Waals surface area contributed by atoms with Crippen molar-refractivity contribution in [2.75, 3.05) is 5.32 Å². The minimum atomic E-state index is -1.14. The van der Waals surface area contributed by atoms with Crippen molar-refractivity contribution in [2.45, 2.75) is 0 Å². The first-order valence-electron chi connectivity index (χ1n) is 8.46. The Labute approximate surface area is 179 Å². The predicted molar refractivity (Wildman–Crippen MR) is 115 cm³/mol. The van der Waals surface area contributed by atoms with Crippen molar-refractivity contribution in [2.24, 2.45) is 0 Å². The van der Waals surface area contributed by atoms with Gasteiger partial charge in [-0.1, -0.05) is 70.0 Å². The fourth-order valence-corrected chi connectivity index (χ4v) is 3.20. The molecule has 1 heterocycles. The van der Waals surface area contributed by atoms with Crippen LogP contribution in [-0.2, 0) is 0 Å². The van der Waals surface area contributed by atoms with Gasteiger partial charge in [-0.25, -0.2) is 8.78 Å². The molecule has 3 aromatic carbocycles. The summed E-state index contributed by atoms with van der Waals surface area (Å²) in [6.07, 6.45) is 1.59. The van der Waals surface area contributed by atoms with E-state index in [0.717, 1.165) is 22.0 Å². The molecule has 0 unspecified atom stereocenters. The number of nitrogens with zero attached hydrogens (tertiary/aromatic N) is 1. The van der Waals surface area contributed by atoms with Crippen LogP contribution in [0.4, 0.5) is 14.5 Å². The number of amides is 1. The van der Waals surface area contributed by atoms with Crippen molar-refractivity contribution in [1.29, 1.82) is 0 Å². The number of aromatic nitrogens is 1. The minimum absolute atomic E-state index is 0.155. The van der Waals surface area contributed by atoms with Crippen molar-refractivity contribution in [3.63, 3.8) is 0 Å². The molecule has 29 heavy (non-hydrogen) atoms. The molecule has 0 radical (unpaired) electrons. The SMILES string of the molecule is O=C(Nc1ccc(Br)c2cccnc12)c1cc(F)c(F)cc1Cl.c1ccccc1. The topological polar surface area (TPSA) is 42.0 Å². The Bertz CT molecular complexity index is 1130. The first kappa shape index (κ1) is 20.9. The van der Waals surface area contributed by atoms with E-state index < -0.39 is 17.5 Å². The Hall–Kier alpha value is -2.83. The van der Waals surface area contributed by atoms with E-state index in [0.29, 0.717) is 11.2 Å². The predicted octanol–water partition coefficient (Wildman–Crippen LogP) is 6.87. The van der Waals surface area contributed by atoms with E-state index in [1.807, 2.05) is 42.5 Å². The van der Waals surface area contributed by atoms with Crippen LogP contribution in [0.3, 0.4) is 0 Å². The molecule has 0 atom stereocenters. The number of fused-ring (bicyclic) bond motifs is 1. The second-order valence-corrected chi connectivity index (χ2v) is 7.11. The van der Waals surface area contributed by atoms with Gasteiger partial charge >= 0.3 is 0 Å². The number of carbonyl (C=O) groups is 1. The molecule has 0 aliphatic heterocycles. The zero-order valence-corrected chi connectivity index (χ0v) is 17.2. The lowest BCUT2D eigenvalue weighted by Gasteiger charge is -2.10. The maximum Gasteiger partial charge on any atom is 0.257 e. The molecular weight excluding hydrogens is 462 g/mol. The number of anilines is 1. The molecule has 0 spiro atoms. The summed E-state index contributed by atoms with van der Waals surface area (Å²) >= 11 is 9.22. The average molecular weight is 476 g/mol. The van der Waals surface area contributed by atoms with Crippen molar-refractivity contribution in [3.05, 3.63) is 106 Å². The fraction of sp³-hybridized carbons (Fsp3) is 0. The Kier molecular flexibility index (Phi) is 6.90. The summed E-state index contributed by atoms with van der Waals surface area (Å²) in [5.74, 6) is -2.90. The number of hydrogen-bond donors (Lipinski definition) is 1. The summed E-state index contributed by atoms with van der Waals surface area (Å²) in [4.78, 5) is 16.5. The number of benzene rings is 3. The molecule has 0 saturated heterocycles. The summed E-state index contributed by atoms with van der Waals surface area (Å²) in [5, 5.41) is 3.26. The zero-order chi connectivity index (χ0) is 20.8. The highest BCUT2D eigenvalue weighted by atomic mass is 79.9. The summed E-state index contributed by atoms with van der Waals surface area (Å²) in [5.41, 5.74) is 0.848. The van der Waals surface area contributed by atoms with Gasteiger partial charge in [0, 0.05) is 16.1 Å². The number of hydrogen-bond acceptors (Lipinski definition) is 2. The van der Waals surface area contributed by atoms with Gasteiger partial charge in [-0.3, -0.25) is 9.78 Å². The quantitative estimate of drug-likeness (QED) is 0.322. The highest BCUT2D eigenvalue weighted by Crippen LogP contribution is 2.29. The molecule has 0 fully saturated rings. The van der Waals surface area contributed by atoms with E-state index in [-0.39, 0.29) is 10.6 Å². The third kappa shape index (κ3) is 5.16. The van der Waals surface area contributed by atoms with Gasteiger partial charge < -0.3 is 5.32 Å². The third-order valence-electron chi connectivity index (χ3n) is 3.89. The van der Waals surface area contributed by atoms with E-state index in [2.05, 4.69) is 26.2 Å². The second kappa shape index (κ2) is 9.58. The van der Waals surface area contributed by atoms with Gasteiger partial charge in [-0.05, 0) is 30.3 Å². The molecule has 0 bridgehead atoms. The van der Waals surface area contributed by atoms with E-state index >= 15 is 0 Å². The van der Waals surface area contributed by atoms with E-state index in [1.165, 1.54) is 0 Å². The van der Waals surface area contributed by atoms with Crippen LogP contribution < -0.4 is 5.32 Å². The van der Waals surface area contributed by atoms with Crippen LogP contribution in [0.5, 0.6) is 0 Å². The molecule has 1 amide bonds. The van der Waals surface area contributed by atoms with Gasteiger partial charge in [0.25, 0.3) is 5.91 Å². The number of carbonyl (C=O) groups excluding carboxylic acids is 1. The Balaban J connectivity index is 0.000000343. The van der Waals surface area contributed by atoms with Crippen LogP contribution in [0.1, 0.15) is 10.4 Å². The first-order chi connectivity index (χ1) is 14.0. The van der Waals surface area contributed by atoms with Crippen molar-refractivity contribution < 1.29 is 13.6 Å². The van der Waals surface area contributed by atoms with Crippen molar-refractivity contribution >= 4 is 50.0 Å². The average Bonchev–Trinajstić information content (AvgIpc) is 2.74. The number of pyridine rings is 1.